The first-order valence-electron chi connectivity index (χ1n) is 4.97. The molecule has 0 aliphatic rings. The number of nitrogens with zero attached hydrogens (tertiary/aromatic N) is 2. The van der Waals surface area contributed by atoms with Crippen molar-refractivity contribution in [3.8, 4) is 0 Å². The first-order chi connectivity index (χ1) is 7.97. The van der Waals surface area contributed by atoms with Crippen LogP contribution in [0.3, 0.4) is 0 Å². The molecule has 17 heavy (non-hydrogen) atoms. The van der Waals surface area contributed by atoms with E-state index in [0.717, 1.165) is 12.1 Å². The SMILES string of the molecule is CN(C)Cc1cccc(NC(=N)N[N+](=O)[O-])c1. The number of anilines is 1. The van der Waals surface area contributed by atoms with Crippen molar-refractivity contribution in [3.63, 3.8) is 0 Å². The summed E-state index contributed by atoms with van der Waals surface area (Å²) in [6, 6.07) is 7.38. The molecule has 0 unspecified atom stereocenters. The summed E-state index contributed by atoms with van der Waals surface area (Å²) in [5, 5.41) is 19.2. The molecule has 0 bridgehead atoms. The summed E-state index contributed by atoms with van der Waals surface area (Å²) in [4.78, 5) is 12.1. The van der Waals surface area contributed by atoms with Crippen molar-refractivity contribution >= 4 is 11.6 Å². The fourth-order valence-electron chi connectivity index (χ4n) is 1.38. The Balaban J connectivity index is 2.65. The van der Waals surface area contributed by atoms with E-state index < -0.39 is 5.03 Å². The Morgan fingerprint density at radius 3 is 2.82 bits per heavy atom. The summed E-state index contributed by atoms with van der Waals surface area (Å²) in [7, 11) is 3.91. The first-order valence-corrected chi connectivity index (χ1v) is 4.97. The highest BCUT2D eigenvalue weighted by atomic mass is 16.7. The molecule has 3 N–H and O–H groups in total. The number of hydrogen-bond acceptors (Lipinski definition) is 4. The van der Waals surface area contributed by atoms with Gasteiger partial charge in [0.2, 0.25) is 0 Å². The van der Waals surface area contributed by atoms with Gasteiger partial charge in [0, 0.05) is 12.2 Å². The topological polar surface area (TPSA) is 94.3 Å². The van der Waals surface area contributed by atoms with Gasteiger partial charge < -0.3 is 10.2 Å². The molecule has 0 fully saturated rings. The molecular formula is C10H15N5O2. The lowest BCUT2D eigenvalue weighted by Gasteiger charge is -2.11. The third-order valence-corrected chi connectivity index (χ3v) is 1.90. The van der Waals surface area contributed by atoms with Gasteiger partial charge in [-0.25, -0.2) is 10.1 Å². The van der Waals surface area contributed by atoms with Crippen LogP contribution in [0.15, 0.2) is 24.3 Å². The average Bonchev–Trinajstić information content (AvgIpc) is 2.14. The number of guanidine groups is 1. The molecule has 0 saturated carbocycles. The van der Waals surface area contributed by atoms with E-state index in [9.17, 15) is 10.1 Å². The smallest absolute Gasteiger partial charge is 0.255 e. The van der Waals surface area contributed by atoms with E-state index in [0.29, 0.717) is 5.69 Å². The molecule has 0 aliphatic carbocycles. The van der Waals surface area contributed by atoms with Crippen molar-refractivity contribution in [3.05, 3.63) is 39.9 Å². The Morgan fingerprint density at radius 2 is 2.24 bits per heavy atom. The van der Waals surface area contributed by atoms with Gasteiger partial charge in [0.25, 0.3) is 5.96 Å². The molecule has 7 nitrogen and oxygen atoms in total. The molecule has 1 aromatic carbocycles. The van der Waals surface area contributed by atoms with Crippen molar-refractivity contribution in [1.82, 2.24) is 10.3 Å². The summed E-state index contributed by atoms with van der Waals surface area (Å²) in [6.07, 6.45) is 0. The molecule has 7 heteroatoms. The van der Waals surface area contributed by atoms with E-state index in [1.807, 2.05) is 37.2 Å². The molecule has 0 aliphatic heterocycles. The van der Waals surface area contributed by atoms with Crippen LogP contribution < -0.4 is 10.7 Å². The van der Waals surface area contributed by atoms with Gasteiger partial charge >= 0.3 is 0 Å². The van der Waals surface area contributed by atoms with E-state index in [4.69, 9.17) is 5.41 Å². The molecule has 0 radical (unpaired) electrons. The van der Waals surface area contributed by atoms with E-state index in [1.165, 1.54) is 0 Å². The van der Waals surface area contributed by atoms with Crippen LogP contribution >= 0.6 is 0 Å². The number of benzene rings is 1. The Hall–Kier alpha value is -2.15. The van der Waals surface area contributed by atoms with Crippen LogP contribution in [0, 0.1) is 15.5 Å². The van der Waals surface area contributed by atoms with Crippen LogP contribution in [-0.4, -0.2) is 30.0 Å². The molecule has 92 valence electrons. The van der Waals surface area contributed by atoms with Gasteiger partial charge in [0.15, 0.2) is 5.03 Å². The Kier molecular flexibility index (Phi) is 4.41. The lowest BCUT2D eigenvalue weighted by atomic mass is 10.2. The van der Waals surface area contributed by atoms with Gasteiger partial charge in [0.1, 0.15) is 0 Å². The van der Waals surface area contributed by atoms with E-state index in [-0.39, 0.29) is 5.96 Å². The molecule has 1 rings (SSSR count). The number of nitro groups is 1. The lowest BCUT2D eigenvalue weighted by Crippen LogP contribution is -2.34. The van der Waals surface area contributed by atoms with Crippen LogP contribution in [0.2, 0.25) is 0 Å². The summed E-state index contributed by atoms with van der Waals surface area (Å²) in [6.45, 7) is 0.769. The highest BCUT2D eigenvalue weighted by molar-refractivity contribution is 5.90. The highest BCUT2D eigenvalue weighted by Gasteiger charge is 2.03. The maximum atomic E-state index is 10.1. The largest absolute Gasteiger partial charge is 0.322 e. The zero-order valence-corrected chi connectivity index (χ0v) is 9.73. The normalized spacial score (nSPS) is 10.1. The van der Waals surface area contributed by atoms with Gasteiger partial charge in [0.05, 0.1) is 0 Å². The quantitative estimate of drug-likeness (QED) is 0.313. The second-order valence-electron chi connectivity index (χ2n) is 3.81. The molecule has 0 spiro atoms. The van der Waals surface area contributed by atoms with Gasteiger partial charge in [-0.2, -0.15) is 0 Å². The Bertz CT molecular complexity index is 419. The molecule has 0 amide bonds. The van der Waals surface area contributed by atoms with E-state index in [1.54, 1.807) is 11.5 Å². The van der Waals surface area contributed by atoms with Crippen LogP contribution in [0.4, 0.5) is 5.69 Å². The fourth-order valence-corrected chi connectivity index (χ4v) is 1.38. The standard InChI is InChI=1S/C10H15N5O2/c1-14(2)7-8-4-3-5-9(6-8)12-10(11)13-15(16)17/h3-6H,7H2,1-2H3,(H3,11,12,13). The van der Waals surface area contributed by atoms with Gasteiger partial charge in [-0.05, 0) is 31.8 Å². The summed E-state index contributed by atoms with van der Waals surface area (Å²) in [5.41, 5.74) is 3.44. The van der Waals surface area contributed by atoms with Crippen LogP contribution in [0.5, 0.6) is 0 Å². The van der Waals surface area contributed by atoms with Crippen molar-refractivity contribution in [2.45, 2.75) is 6.54 Å². The van der Waals surface area contributed by atoms with Crippen LogP contribution in [0.25, 0.3) is 0 Å². The monoisotopic (exact) mass is 237 g/mol. The summed E-state index contributed by atoms with van der Waals surface area (Å²) in [5.74, 6) is -0.364. The summed E-state index contributed by atoms with van der Waals surface area (Å²) < 4.78 is 0. The van der Waals surface area contributed by atoms with Gasteiger partial charge in [-0.1, -0.05) is 17.6 Å². The zero-order chi connectivity index (χ0) is 12.8. The molecule has 0 heterocycles. The maximum Gasteiger partial charge on any atom is 0.255 e. The van der Waals surface area contributed by atoms with Crippen LogP contribution in [0.1, 0.15) is 5.56 Å². The Morgan fingerprint density at radius 1 is 1.53 bits per heavy atom. The number of hydrogen-bond donors (Lipinski definition) is 3. The van der Waals surface area contributed by atoms with E-state index in [2.05, 4.69) is 5.32 Å². The van der Waals surface area contributed by atoms with Crippen LogP contribution in [-0.2, 0) is 6.54 Å². The minimum absolute atomic E-state index is 0.364. The Labute approximate surface area is 99.1 Å². The van der Waals surface area contributed by atoms with Gasteiger partial charge in [-0.3, -0.25) is 5.41 Å². The first kappa shape index (κ1) is 12.9. The van der Waals surface area contributed by atoms with Crippen molar-refractivity contribution in [1.29, 1.82) is 5.41 Å². The second-order valence-corrected chi connectivity index (χ2v) is 3.81. The predicted molar refractivity (Wildman–Crippen MR) is 65.3 cm³/mol. The molecular weight excluding hydrogens is 222 g/mol. The summed E-state index contributed by atoms with van der Waals surface area (Å²) >= 11 is 0. The molecule has 0 atom stereocenters. The predicted octanol–water partition coefficient (Wildman–Crippen LogP) is 0.876. The van der Waals surface area contributed by atoms with Crippen molar-refractivity contribution in [2.75, 3.05) is 19.4 Å². The third-order valence-electron chi connectivity index (χ3n) is 1.90. The minimum Gasteiger partial charge on any atom is -0.322 e. The molecule has 1 aromatic rings. The average molecular weight is 237 g/mol. The van der Waals surface area contributed by atoms with E-state index >= 15 is 0 Å². The number of hydrazine groups is 1. The molecule has 0 aromatic heterocycles. The minimum atomic E-state index is -0.779. The number of rotatable bonds is 4. The third kappa shape index (κ3) is 4.94. The highest BCUT2D eigenvalue weighted by Crippen LogP contribution is 2.11. The zero-order valence-electron chi connectivity index (χ0n) is 9.73. The molecule has 0 saturated heterocycles. The number of nitrogens with one attached hydrogen (secondary N) is 3. The second kappa shape index (κ2) is 5.80. The fraction of sp³-hybridized carbons (Fsp3) is 0.300. The van der Waals surface area contributed by atoms with Gasteiger partial charge in [-0.15, -0.1) is 0 Å². The van der Waals surface area contributed by atoms with Crippen molar-refractivity contribution in [2.24, 2.45) is 0 Å². The van der Waals surface area contributed by atoms with Crippen molar-refractivity contribution < 1.29 is 5.03 Å². The maximum absolute atomic E-state index is 10.1. The lowest BCUT2D eigenvalue weighted by molar-refractivity contribution is -0.525.